The zero-order valence-corrected chi connectivity index (χ0v) is 13.0. The second-order valence-electron chi connectivity index (χ2n) is 5.19. The molecule has 1 rings (SSSR count). The van der Waals surface area contributed by atoms with Crippen molar-refractivity contribution in [1.82, 2.24) is 0 Å². The van der Waals surface area contributed by atoms with Crippen molar-refractivity contribution in [1.29, 1.82) is 0 Å². The first-order valence-electron chi connectivity index (χ1n) is 7.04. The molecule has 0 aromatic rings. The Balaban J connectivity index is 2.56. The van der Waals surface area contributed by atoms with Gasteiger partial charge < -0.3 is 9.05 Å². The van der Waals surface area contributed by atoms with Gasteiger partial charge in [0.25, 0.3) is 0 Å². The lowest BCUT2D eigenvalue weighted by atomic mass is 9.83. The van der Waals surface area contributed by atoms with Gasteiger partial charge in [0, 0.05) is 0 Å². The lowest BCUT2D eigenvalue weighted by Gasteiger charge is -2.29. The van der Waals surface area contributed by atoms with E-state index in [1.165, 1.54) is 18.4 Å². The SMILES string of the molecule is CCOP(=O)(C[C@H](C)[C@@H]1CC=C(C)CC1)OCC. The van der Waals surface area contributed by atoms with Crippen LogP contribution in [0, 0.1) is 11.8 Å². The van der Waals surface area contributed by atoms with E-state index in [-0.39, 0.29) is 0 Å². The van der Waals surface area contributed by atoms with E-state index in [0.717, 1.165) is 6.42 Å². The van der Waals surface area contributed by atoms with E-state index in [1.54, 1.807) is 0 Å². The van der Waals surface area contributed by atoms with Crippen LogP contribution >= 0.6 is 7.60 Å². The van der Waals surface area contributed by atoms with Crippen molar-refractivity contribution < 1.29 is 13.6 Å². The van der Waals surface area contributed by atoms with Gasteiger partial charge in [-0.25, -0.2) is 0 Å². The first-order valence-corrected chi connectivity index (χ1v) is 8.77. The number of rotatable bonds is 7. The summed E-state index contributed by atoms with van der Waals surface area (Å²) in [5.74, 6) is 1.00. The van der Waals surface area contributed by atoms with E-state index in [1.807, 2.05) is 13.8 Å². The summed E-state index contributed by atoms with van der Waals surface area (Å²) >= 11 is 0. The van der Waals surface area contributed by atoms with Crippen molar-refractivity contribution in [3.05, 3.63) is 11.6 Å². The summed E-state index contributed by atoms with van der Waals surface area (Å²) in [5, 5.41) is 0. The molecular weight excluding hydrogens is 247 g/mol. The molecule has 0 aromatic heterocycles. The largest absolute Gasteiger partial charge is 0.330 e. The molecule has 0 saturated heterocycles. The zero-order chi connectivity index (χ0) is 13.6. The van der Waals surface area contributed by atoms with Gasteiger partial charge in [-0.3, -0.25) is 4.57 Å². The van der Waals surface area contributed by atoms with Crippen molar-refractivity contribution in [2.24, 2.45) is 11.8 Å². The van der Waals surface area contributed by atoms with E-state index >= 15 is 0 Å². The summed E-state index contributed by atoms with van der Waals surface area (Å²) in [6.07, 6.45) is 6.33. The highest BCUT2D eigenvalue weighted by molar-refractivity contribution is 7.53. The van der Waals surface area contributed by atoms with Crippen LogP contribution in [0.3, 0.4) is 0 Å². The smallest absolute Gasteiger partial charge is 0.309 e. The zero-order valence-electron chi connectivity index (χ0n) is 12.1. The number of hydrogen-bond donors (Lipinski definition) is 0. The van der Waals surface area contributed by atoms with Crippen molar-refractivity contribution in [3.63, 3.8) is 0 Å². The maximum absolute atomic E-state index is 12.5. The molecule has 0 unspecified atom stereocenters. The standard InChI is InChI=1S/C14H27O3P/c1-5-16-18(15,17-6-2)11-13(4)14-9-7-12(3)8-10-14/h7,13-14H,5-6,8-11H2,1-4H3/t13-,14+/m0/s1. The highest BCUT2D eigenvalue weighted by atomic mass is 31.2. The fraction of sp³-hybridized carbons (Fsp3) is 0.857. The van der Waals surface area contributed by atoms with Gasteiger partial charge in [0.05, 0.1) is 19.4 Å². The second kappa shape index (κ2) is 7.47. The van der Waals surface area contributed by atoms with Crippen LogP contribution in [0.5, 0.6) is 0 Å². The van der Waals surface area contributed by atoms with Crippen molar-refractivity contribution in [3.8, 4) is 0 Å². The quantitative estimate of drug-likeness (QED) is 0.501. The fourth-order valence-electron chi connectivity index (χ4n) is 2.54. The maximum atomic E-state index is 12.5. The third-order valence-electron chi connectivity index (χ3n) is 3.65. The molecule has 1 aliphatic carbocycles. The molecule has 0 saturated carbocycles. The highest BCUT2D eigenvalue weighted by Crippen LogP contribution is 2.51. The Hall–Kier alpha value is -0.110. The van der Waals surface area contributed by atoms with Crippen LogP contribution in [-0.2, 0) is 13.6 Å². The van der Waals surface area contributed by atoms with Crippen LogP contribution in [-0.4, -0.2) is 19.4 Å². The molecule has 0 amide bonds. The lowest BCUT2D eigenvalue weighted by molar-refractivity contribution is 0.210. The number of hydrogen-bond acceptors (Lipinski definition) is 3. The third kappa shape index (κ3) is 4.87. The van der Waals surface area contributed by atoms with Gasteiger partial charge in [-0.05, 0) is 51.9 Å². The average Bonchev–Trinajstić information content (AvgIpc) is 2.30. The molecule has 0 aromatic carbocycles. The first kappa shape index (κ1) is 15.9. The van der Waals surface area contributed by atoms with Gasteiger partial charge in [-0.1, -0.05) is 18.6 Å². The van der Waals surface area contributed by atoms with Crippen molar-refractivity contribution in [2.75, 3.05) is 19.4 Å². The summed E-state index contributed by atoms with van der Waals surface area (Å²) < 4.78 is 23.2. The minimum Gasteiger partial charge on any atom is -0.309 e. The van der Waals surface area contributed by atoms with Crippen LogP contribution < -0.4 is 0 Å². The molecule has 4 heteroatoms. The third-order valence-corrected chi connectivity index (χ3v) is 5.97. The minimum atomic E-state index is -2.88. The molecule has 0 radical (unpaired) electrons. The molecule has 18 heavy (non-hydrogen) atoms. The Labute approximate surface area is 111 Å². The van der Waals surface area contributed by atoms with Crippen LogP contribution in [0.25, 0.3) is 0 Å². The predicted octanol–water partition coefficient (Wildman–Crippen LogP) is 4.64. The minimum absolute atomic E-state index is 0.387. The highest BCUT2D eigenvalue weighted by Gasteiger charge is 2.30. The van der Waals surface area contributed by atoms with E-state index < -0.39 is 7.60 Å². The van der Waals surface area contributed by atoms with Crippen LogP contribution in [0.1, 0.15) is 47.0 Å². The van der Waals surface area contributed by atoms with Gasteiger partial charge >= 0.3 is 7.60 Å². The van der Waals surface area contributed by atoms with Crippen LogP contribution in [0.15, 0.2) is 11.6 Å². The normalized spacial score (nSPS) is 22.7. The van der Waals surface area contributed by atoms with E-state index in [0.29, 0.717) is 31.2 Å². The van der Waals surface area contributed by atoms with Crippen LogP contribution in [0.4, 0.5) is 0 Å². The number of allylic oxidation sites excluding steroid dienone is 2. The molecule has 0 spiro atoms. The maximum Gasteiger partial charge on any atom is 0.330 e. The topological polar surface area (TPSA) is 35.5 Å². The molecular formula is C14H27O3P. The summed E-state index contributed by atoms with van der Waals surface area (Å²) in [6.45, 7) is 8.99. The summed E-state index contributed by atoms with van der Waals surface area (Å²) in [5.41, 5.74) is 1.48. The van der Waals surface area contributed by atoms with Crippen molar-refractivity contribution >= 4 is 7.60 Å². The van der Waals surface area contributed by atoms with Crippen molar-refractivity contribution in [2.45, 2.75) is 47.0 Å². The molecule has 0 N–H and O–H groups in total. The Bertz CT molecular complexity index is 315. The molecule has 0 aliphatic heterocycles. The van der Waals surface area contributed by atoms with Gasteiger partial charge in [0.1, 0.15) is 0 Å². The Morgan fingerprint density at radius 2 is 2.00 bits per heavy atom. The average molecular weight is 274 g/mol. The van der Waals surface area contributed by atoms with E-state index in [2.05, 4.69) is 19.9 Å². The monoisotopic (exact) mass is 274 g/mol. The molecule has 0 bridgehead atoms. The molecule has 3 nitrogen and oxygen atoms in total. The Morgan fingerprint density at radius 3 is 2.44 bits per heavy atom. The Morgan fingerprint density at radius 1 is 1.39 bits per heavy atom. The van der Waals surface area contributed by atoms with E-state index in [9.17, 15) is 4.57 Å². The van der Waals surface area contributed by atoms with Gasteiger partial charge in [0.15, 0.2) is 0 Å². The Kier molecular flexibility index (Phi) is 6.62. The lowest BCUT2D eigenvalue weighted by Crippen LogP contribution is -2.19. The first-order chi connectivity index (χ1) is 8.50. The second-order valence-corrected chi connectivity index (χ2v) is 7.29. The van der Waals surface area contributed by atoms with Gasteiger partial charge in [-0.15, -0.1) is 0 Å². The molecule has 106 valence electrons. The molecule has 2 atom stereocenters. The molecule has 0 heterocycles. The van der Waals surface area contributed by atoms with Gasteiger partial charge in [-0.2, -0.15) is 0 Å². The summed E-state index contributed by atoms with van der Waals surface area (Å²) in [4.78, 5) is 0. The summed E-state index contributed by atoms with van der Waals surface area (Å²) in [6, 6.07) is 0. The molecule has 0 fully saturated rings. The molecule has 1 aliphatic rings. The fourth-order valence-corrected chi connectivity index (χ4v) is 4.62. The van der Waals surface area contributed by atoms with Gasteiger partial charge in [0.2, 0.25) is 0 Å². The van der Waals surface area contributed by atoms with Crippen LogP contribution in [0.2, 0.25) is 0 Å². The van der Waals surface area contributed by atoms with E-state index in [4.69, 9.17) is 9.05 Å². The summed E-state index contributed by atoms with van der Waals surface area (Å²) in [7, 11) is -2.88. The predicted molar refractivity (Wildman–Crippen MR) is 76.0 cm³/mol.